The molecule has 0 saturated carbocycles. The van der Waals surface area contributed by atoms with Crippen LogP contribution in [0, 0.1) is 0 Å². The number of carbonyl (C=O) groups is 2. The maximum absolute atomic E-state index is 12.8. The zero-order valence-corrected chi connectivity index (χ0v) is 21.0. The molecule has 2 aromatic rings. The summed E-state index contributed by atoms with van der Waals surface area (Å²) in [5.41, 5.74) is 1.54. The van der Waals surface area contributed by atoms with Crippen molar-refractivity contribution in [3.05, 3.63) is 65.7 Å². The number of unbranched alkanes of at least 4 members (excludes halogenated alkanes) is 6. The third kappa shape index (κ3) is 9.14. The molecule has 0 aliphatic rings. The van der Waals surface area contributed by atoms with Crippen molar-refractivity contribution in [2.24, 2.45) is 0 Å². The summed E-state index contributed by atoms with van der Waals surface area (Å²) in [6.07, 6.45) is 12.7. The maximum Gasteiger partial charge on any atom is 0.266 e. The molecule has 7 heteroatoms. The second kappa shape index (κ2) is 14.4. The average molecular weight is 485 g/mol. The van der Waals surface area contributed by atoms with Crippen LogP contribution in [0.5, 0.6) is 0 Å². The smallest absolute Gasteiger partial charge is 0.266 e. The van der Waals surface area contributed by atoms with Gasteiger partial charge in [0.15, 0.2) is 0 Å². The van der Waals surface area contributed by atoms with Crippen LogP contribution in [0.4, 0.5) is 5.69 Å². The summed E-state index contributed by atoms with van der Waals surface area (Å²) in [5, 5.41) is 2.66. The summed E-state index contributed by atoms with van der Waals surface area (Å²) in [4.78, 5) is 24.7. The minimum Gasteiger partial charge on any atom is -0.321 e. The molecule has 0 saturated heterocycles. The molecule has 0 aliphatic heterocycles. The van der Waals surface area contributed by atoms with Crippen molar-refractivity contribution in [2.45, 2.75) is 76.5 Å². The maximum atomic E-state index is 12.8. The average Bonchev–Trinajstić information content (AvgIpc) is 2.82. The normalized spacial score (nSPS) is 11.5. The minimum atomic E-state index is -4.10. The molecule has 0 bridgehead atoms. The van der Waals surface area contributed by atoms with Crippen LogP contribution < -0.4 is 10.0 Å². The van der Waals surface area contributed by atoms with Gasteiger partial charge in [-0.1, -0.05) is 82.4 Å². The highest BCUT2D eigenvalue weighted by atomic mass is 32.2. The lowest BCUT2D eigenvalue weighted by atomic mass is 10.1. The number of benzene rings is 2. The zero-order chi connectivity index (χ0) is 24.8. The monoisotopic (exact) mass is 484 g/mol. The number of sulfonamides is 1. The topological polar surface area (TPSA) is 92.3 Å². The molecule has 0 fully saturated rings. The van der Waals surface area contributed by atoms with Gasteiger partial charge in [0, 0.05) is 12.0 Å². The largest absolute Gasteiger partial charge is 0.321 e. The van der Waals surface area contributed by atoms with E-state index in [-0.39, 0.29) is 17.0 Å². The fourth-order valence-electron chi connectivity index (χ4n) is 3.44. The zero-order valence-electron chi connectivity index (χ0n) is 20.2. The molecule has 2 aromatic carbocycles. The quantitative estimate of drug-likeness (QED) is 0.307. The summed E-state index contributed by atoms with van der Waals surface area (Å²) >= 11 is 0. The van der Waals surface area contributed by atoms with E-state index in [0.29, 0.717) is 12.0 Å². The van der Waals surface area contributed by atoms with Gasteiger partial charge in [0.05, 0.1) is 5.69 Å². The molecule has 2 amide bonds. The van der Waals surface area contributed by atoms with Gasteiger partial charge in [-0.2, -0.15) is 0 Å². The van der Waals surface area contributed by atoms with Gasteiger partial charge in [-0.3, -0.25) is 9.59 Å². The van der Waals surface area contributed by atoms with Crippen molar-refractivity contribution in [1.29, 1.82) is 0 Å². The lowest BCUT2D eigenvalue weighted by Gasteiger charge is -2.13. The molecule has 2 N–H and O–H groups in total. The summed E-state index contributed by atoms with van der Waals surface area (Å²) in [5.74, 6) is -0.976. The van der Waals surface area contributed by atoms with Gasteiger partial charge < -0.3 is 5.32 Å². The number of para-hydroxylation sites is 1. The van der Waals surface area contributed by atoms with Gasteiger partial charge in [-0.05, 0) is 49.1 Å². The Bertz CT molecular complexity index is 1060. The Labute approximate surface area is 203 Å². The van der Waals surface area contributed by atoms with E-state index in [9.17, 15) is 18.0 Å². The highest BCUT2D eigenvalue weighted by Gasteiger charge is 2.22. The predicted molar refractivity (Wildman–Crippen MR) is 138 cm³/mol. The molecule has 0 radical (unpaired) electrons. The second-order valence-electron chi connectivity index (χ2n) is 8.31. The van der Waals surface area contributed by atoms with E-state index in [0.717, 1.165) is 24.8 Å². The van der Waals surface area contributed by atoms with E-state index in [1.54, 1.807) is 24.3 Å². The van der Waals surface area contributed by atoms with E-state index >= 15 is 0 Å². The summed E-state index contributed by atoms with van der Waals surface area (Å²) in [6.45, 7) is 4.20. The van der Waals surface area contributed by atoms with E-state index in [4.69, 9.17) is 0 Å². The second-order valence-corrected chi connectivity index (χ2v) is 9.96. The Hall–Kier alpha value is -2.93. The Morgan fingerprint density at radius 1 is 0.853 bits per heavy atom. The van der Waals surface area contributed by atoms with Crippen LogP contribution in [-0.4, -0.2) is 20.2 Å². The molecule has 2 rings (SSSR count). The standard InChI is InChI=1S/C27H36N2O4S/c1-3-5-7-8-9-11-14-22-18-20-23(21-19-22)27(31)28-24-15-12-13-16-25(24)34(32,33)29-26(30)17-10-6-4-2/h11-16,18-21H,3-10,17H2,1-2H3,(H,28,31)(H,29,30). The first-order valence-electron chi connectivity index (χ1n) is 12.1. The van der Waals surface area contributed by atoms with E-state index in [1.807, 2.05) is 25.1 Å². The molecule has 184 valence electrons. The van der Waals surface area contributed by atoms with Crippen LogP contribution in [0.2, 0.25) is 0 Å². The Morgan fingerprint density at radius 3 is 2.24 bits per heavy atom. The van der Waals surface area contributed by atoms with Crippen LogP contribution in [0.15, 0.2) is 59.5 Å². The first-order valence-corrected chi connectivity index (χ1v) is 13.6. The number of carbonyl (C=O) groups excluding carboxylic acids is 2. The molecule has 34 heavy (non-hydrogen) atoms. The van der Waals surface area contributed by atoms with Gasteiger partial charge in [0.2, 0.25) is 5.91 Å². The number of rotatable bonds is 14. The van der Waals surface area contributed by atoms with E-state index < -0.39 is 21.8 Å². The Morgan fingerprint density at radius 2 is 1.53 bits per heavy atom. The predicted octanol–water partition coefficient (Wildman–Crippen LogP) is 6.31. The SMILES string of the molecule is CCCCCCC=Cc1ccc(C(=O)Nc2ccccc2S(=O)(=O)NC(=O)CCCCC)cc1. The van der Waals surface area contributed by atoms with Crippen LogP contribution >= 0.6 is 0 Å². The third-order valence-electron chi connectivity index (χ3n) is 5.39. The number of allylic oxidation sites excluding steroid dienone is 1. The van der Waals surface area contributed by atoms with Crippen molar-refractivity contribution >= 4 is 33.6 Å². The lowest BCUT2D eigenvalue weighted by molar-refractivity contribution is -0.119. The highest BCUT2D eigenvalue weighted by molar-refractivity contribution is 7.90. The highest BCUT2D eigenvalue weighted by Crippen LogP contribution is 2.22. The van der Waals surface area contributed by atoms with Crippen LogP contribution in [0.3, 0.4) is 0 Å². The van der Waals surface area contributed by atoms with Crippen molar-refractivity contribution in [1.82, 2.24) is 4.72 Å². The molecular formula is C27H36N2O4S. The molecule has 0 heterocycles. The number of anilines is 1. The van der Waals surface area contributed by atoms with Crippen molar-refractivity contribution in [2.75, 3.05) is 5.32 Å². The van der Waals surface area contributed by atoms with Gasteiger partial charge in [-0.15, -0.1) is 0 Å². The molecule has 0 spiro atoms. The fourth-order valence-corrected chi connectivity index (χ4v) is 4.62. The van der Waals surface area contributed by atoms with Gasteiger partial charge >= 0.3 is 0 Å². The molecule has 0 aromatic heterocycles. The van der Waals surface area contributed by atoms with Gasteiger partial charge in [-0.25, -0.2) is 13.1 Å². The number of hydrogen-bond donors (Lipinski definition) is 2. The fraction of sp³-hybridized carbons (Fsp3) is 0.407. The number of amides is 2. The first kappa shape index (κ1) is 27.3. The lowest BCUT2D eigenvalue weighted by Crippen LogP contribution is -2.31. The van der Waals surface area contributed by atoms with Crippen LogP contribution in [0.1, 0.15) is 87.6 Å². The van der Waals surface area contributed by atoms with E-state index in [2.05, 4.69) is 23.0 Å². The van der Waals surface area contributed by atoms with E-state index in [1.165, 1.54) is 37.8 Å². The summed E-state index contributed by atoms with van der Waals surface area (Å²) in [6, 6.07) is 13.2. The minimum absolute atomic E-state index is 0.123. The van der Waals surface area contributed by atoms with Gasteiger partial charge in [0.1, 0.15) is 4.90 Å². The molecule has 0 unspecified atom stereocenters. The Balaban J connectivity index is 2.02. The van der Waals surface area contributed by atoms with Crippen molar-refractivity contribution in [3.63, 3.8) is 0 Å². The van der Waals surface area contributed by atoms with Crippen molar-refractivity contribution in [3.8, 4) is 0 Å². The third-order valence-corrected chi connectivity index (χ3v) is 6.82. The number of hydrogen-bond acceptors (Lipinski definition) is 4. The van der Waals surface area contributed by atoms with Gasteiger partial charge in [0.25, 0.3) is 15.9 Å². The van der Waals surface area contributed by atoms with Crippen LogP contribution in [0.25, 0.3) is 6.08 Å². The summed E-state index contributed by atoms with van der Waals surface area (Å²) < 4.78 is 27.6. The number of nitrogens with one attached hydrogen (secondary N) is 2. The molecular weight excluding hydrogens is 448 g/mol. The molecule has 0 atom stereocenters. The van der Waals surface area contributed by atoms with Crippen LogP contribution in [-0.2, 0) is 14.8 Å². The van der Waals surface area contributed by atoms with Crippen molar-refractivity contribution < 1.29 is 18.0 Å². The molecule has 0 aliphatic carbocycles. The Kier molecular flexibility index (Phi) is 11.5. The molecule has 6 nitrogen and oxygen atoms in total. The first-order chi connectivity index (χ1) is 16.4. The summed E-state index contributed by atoms with van der Waals surface area (Å²) in [7, 11) is -4.10.